The van der Waals surface area contributed by atoms with Crippen LogP contribution in [0.5, 0.6) is 0 Å². The van der Waals surface area contributed by atoms with E-state index in [1.165, 1.54) is 16.2 Å². The van der Waals surface area contributed by atoms with Crippen LogP contribution in [-0.4, -0.2) is 10.7 Å². The molecule has 0 N–H and O–H groups in total. The van der Waals surface area contributed by atoms with Crippen molar-refractivity contribution in [1.29, 1.82) is 5.26 Å². The Morgan fingerprint density at radius 3 is 2.59 bits per heavy atom. The summed E-state index contributed by atoms with van der Waals surface area (Å²) in [6.45, 7) is 4.02. The second-order valence-electron chi connectivity index (χ2n) is 3.50. The molecule has 1 heterocycles. The first-order chi connectivity index (χ1) is 8.24. The van der Waals surface area contributed by atoms with Gasteiger partial charge in [0, 0.05) is 10.5 Å². The van der Waals surface area contributed by atoms with Gasteiger partial charge in [-0.05, 0) is 24.8 Å². The zero-order valence-electron chi connectivity index (χ0n) is 9.73. The van der Waals surface area contributed by atoms with Gasteiger partial charge in [-0.3, -0.25) is 0 Å². The lowest BCUT2D eigenvalue weighted by molar-refractivity contribution is 1.25. The Morgan fingerprint density at radius 1 is 1.35 bits per heavy atom. The van der Waals surface area contributed by atoms with Crippen LogP contribution in [0.25, 0.3) is 10.6 Å². The molecule has 0 spiro atoms. The van der Waals surface area contributed by atoms with Crippen molar-refractivity contribution in [3.05, 3.63) is 34.8 Å². The maximum atomic E-state index is 8.91. The molecule has 0 atom stereocenters. The molecule has 0 fully saturated rings. The van der Waals surface area contributed by atoms with Gasteiger partial charge in [0.15, 0.2) is 0 Å². The Hall–Kier alpha value is -1.31. The Labute approximate surface area is 109 Å². The molecule has 2 rings (SSSR count). The van der Waals surface area contributed by atoms with Gasteiger partial charge in [0.05, 0.1) is 5.69 Å². The second-order valence-corrected chi connectivity index (χ2v) is 5.84. The number of thiazole rings is 1. The molecule has 4 heteroatoms. The summed E-state index contributed by atoms with van der Waals surface area (Å²) >= 11 is 3.28. The molecule has 1 aromatic heterocycles. The number of hydrogen-bond acceptors (Lipinski definition) is 4. The summed E-state index contributed by atoms with van der Waals surface area (Å²) in [6, 6.07) is 10.5. The van der Waals surface area contributed by atoms with E-state index in [0.717, 1.165) is 22.0 Å². The SMILES string of the molecule is CCSc1ccc(-c2nc(C)c(C#N)s2)cc1. The zero-order chi connectivity index (χ0) is 12.3. The maximum absolute atomic E-state index is 8.91. The normalized spacial score (nSPS) is 10.2. The highest BCUT2D eigenvalue weighted by molar-refractivity contribution is 7.99. The van der Waals surface area contributed by atoms with Crippen molar-refractivity contribution in [2.24, 2.45) is 0 Å². The average Bonchev–Trinajstić information content (AvgIpc) is 2.72. The molecular formula is C13H12N2S2. The molecule has 2 aromatic rings. The van der Waals surface area contributed by atoms with E-state index in [1.54, 1.807) is 0 Å². The number of nitriles is 1. The van der Waals surface area contributed by atoms with Gasteiger partial charge in [0.2, 0.25) is 0 Å². The molecule has 0 bridgehead atoms. The highest BCUT2D eigenvalue weighted by Gasteiger charge is 2.08. The Kier molecular flexibility index (Phi) is 3.82. The van der Waals surface area contributed by atoms with E-state index in [9.17, 15) is 0 Å². The number of thioether (sulfide) groups is 1. The number of aryl methyl sites for hydroxylation is 1. The Balaban J connectivity index is 2.30. The molecule has 0 aliphatic carbocycles. The zero-order valence-corrected chi connectivity index (χ0v) is 11.4. The van der Waals surface area contributed by atoms with Gasteiger partial charge in [0.1, 0.15) is 16.0 Å². The number of nitrogens with zero attached hydrogens (tertiary/aromatic N) is 2. The molecule has 1 aromatic carbocycles. The fraction of sp³-hybridized carbons (Fsp3) is 0.231. The molecule has 0 saturated carbocycles. The first-order valence-corrected chi connectivity index (χ1v) is 7.15. The van der Waals surface area contributed by atoms with E-state index >= 15 is 0 Å². The van der Waals surface area contributed by atoms with Gasteiger partial charge in [0.25, 0.3) is 0 Å². The maximum Gasteiger partial charge on any atom is 0.128 e. The van der Waals surface area contributed by atoms with Gasteiger partial charge in [-0.25, -0.2) is 4.98 Å². The summed E-state index contributed by atoms with van der Waals surface area (Å²) in [6.07, 6.45) is 0. The monoisotopic (exact) mass is 260 g/mol. The predicted molar refractivity (Wildman–Crippen MR) is 73.4 cm³/mol. The quantitative estimate of drug-likeness (QED) is 0.779. The highest BCUT2D eigenvalue weighted by atomic mass is 32.2. The molecule has 0 amide bonds. The summed E-state index contributed by atoms with van der Waals surface area (Å²) in [5, 5.41) is 9.83. The van der Waals surface area contributed by atoms with Crippen LogP contribution in [0.3, 0.4) is 0 Å². The molecular weight excluding hydrogens is 248 g/mol. The van der Waals surface area contributed by atoms with Crippen molar-refractivity contribution < 1.29 is 0 Å². The van der Waals surface area contributed by atoms with Crippen LogP contribution < -0.4 is 0 Å². The Morgan fingerprint density at radius 2 is 2.06 bits per heavy atom. The number of benzene rings is 1. The van der Waals surface area contributed by atoms with Crippen molar-refractivity contribution >= 4 is 23.1 Å². The first-order valence-electron chi connectivity index (χ1n) is 5.35. The minimum atomic E-state index is 0.701. The summed E-state index contributed by atoms with van der Waals surface area (Å²) in [7, 11) is 0. The van der Waals surface area contributed by atoms with E-state index in [1.807, 2.05) is 18.7 Å². The molecule has 0 aliphatic heterocycles. The van der Waals surface area contributed by atoms with Crippen molar-refractivity contribution in [1.82, 2.24) is 4.98 Å². The third-order valence-corrected chi connectivity index (χ3v) is 4.32. The largest absolute Gasteiger partial charge is 0.240 e. The average molecular weight is 260 g/mol. The molecule has 0 unspecified atom stereocenters. The molecule has 0 aliphatic rings. The molecule has 2 nitrogen and oxygen atoms in total. The van der Waals surface area contributed by atoms with E-state index < -0.39 is 0 Å². The van der Waals surface area contributed by atoms with E-state index in [-0.39, 0.29) is 0 Å². The second kappa shape index (κ2) is 5.35. The third kappa shape index (κ3) is 2.68. The molecule has 0 radical (unpaired) electrons. The first kappa shape index (κ1) is 12.2. The van der Waals surface area contributed by atoms with Crippen LogP contribution in [0.4, 0.5) is 0 Å². The lowest BCUT2D eigenvalue weighted by Crippen LogP contribution is -1.78. The van der Waals surface area contributed by atoms with E-state index in [2.05, 4.69) is 42.2 Å². The smallest absolute Gasteiger partial charge is 0.128 e. The predicted octanol–water partition coefficient (Wildman–Crippen LogP) is 4.10. The number of hydrogen-bond donors (Lipinski definition) is 0. The highest BCUT2D eigenvalue weighted by Crippen LogP contribution is 2.29. The lowest BCUT2D eigenvalue weighted by Gasteiger charge is -1.99. The van der Waals surface area contributed by atoms with Crippen molar-refractivity contribution in [3.63, 3.8) is 0 Å². The van der Waals surface area contributed by atoms with Crippen LogP contribution in [0.15, 0.2) is 29.2 Å². The topological polar surface area (TPSA) is 36.7 Å². The minimum Gasteiger partial charge on any atom is -0.240 e. The minimum absolute atomic E-state index is 0.701. The van der Waals surface area contributed by atoms with Crippen molar-refractivity contribution in [2.45, 2.75) is 18.7 Å². The third-order valence-electron chi connectivity index (χ3n) is 2.31. The van der Waals surface area contributed by atoms with Gasteiger partial charge in [-0.15, -0.1) is 23.1 Å². The Bertz CT molecular complexity index is 550. The summed E-state index contributed by atoms with van der Waals surface area (Å²) < 4.78 is 0. The van der Waals surface area contributed by atoms with Gasteiger partial charge in [-0.2, -0.15) is 5.26 Å². The van der Waals surface area contributed by atoms with Gasteiger partial charge < -0.3 is 0 Å². The fourth-order valence-electron chi connectivity index (χ4n) is 1.48. The van der Waals surface area contributed by atoms with Crippen LogP contribution in [0.2, 0.25) is 0 Å². The van der Waals surface area contributed by atoms with Crippen LogP contribution in [0, 0.1) is 18.3 Å². The van der Waals surface area contributed by atoms with Gasteiger partial charge in [-0.1, -0.05) is 19.1 Å². The fourth-order valence-corrected chi connectivity index (χ4v) is 3.01. The summed E-state index contributed by atoms with van der Waals surface area (Å²) in [5.41, 5.74) is 1.90. The van der Waals surface area contributed by atoms with Crippen LogP contribution in [-0.2, 0) is 0 Å². The van der Waals surface area contributed by atoms with Crippen molar-refractivity contribution in [3.8, 4) is 16.6 Å². The molecule has 0 saturated heterocycles. The number of aromatic nitrogens is 1. The summed E-state index contributed by atoms with van der Waals surface area (Å²) in [5.74, 6) is 1.08. The van der Waals surface area contributed by atoms with E-state index in [4.69, 9.17) is 5.26 Å². The van der Waals surface area contributed by atoms with Gasteiger partial charge >= 0.3 is 0 Å². The summed E-state index contributed by atoms with van der Waals surface area (Å²) in [4.78, 5) is 6.39. The lowest BCUT2D eigenvalue weighted by atomic mass is 10.2. The van der Waals surface area contributed by atoms with Crippen LogP contribution in [0.1, 0.15) is 17.5 Å². The number of rotatable bonds is 3. The van der Waals surface area contributed by atoms with Crippen molar-refractivity contribution in [2.75, 3.05) is 5.75 Å². The van der Waals surface area contributed by atoms with E-state index in [0.29, 0.717) is 4.88 Å². The molecule has 17 heavy (non-hydrogen) atoms. The van der Waals surface area contributed by atoms with Crippen LogP contribution >= 0.6 is 23.1 Å². The molecule has 86 valence electrons. The standard InChI is InChI=1S/C13H12N2S2/c1-3-16-11-6-4-10(5-7-11)13-15-9(2)12(8-14)17-13/h4-7H,3H2,1-2H3.